The van der Waals surface area contributed by atoms with Crippen LogP contribution in [-0.4, -0.2) is 23.2 Å². The molecular formula is C13H18N4S. The minimum Gasteiger partial charge on any atom is -0.374 e. The highest BCUT2D eigenvalue weighted by Crippen LogP contribution is 2.21. The van der Waals surface area contributed by atoms with Gasteiger partial charge in [-0.1, -0.05) is 22.2 Å². The molecule has 1 N–H and O–H groups in total. The molecule has 2 rings (SSSR count). The molecule has 0 unspecified atom stereocenters. The fourth-order valence-corrected chi connectivity index (χ4v) is 2.36. The van der Waals surface area contributed by atoms with Gasteiger partial charge < -0.3 is 10.2 Å². The molecule has 0 amide bonds. The van der Waals surface area contributed by atoms with E-state index in [1.54, 1.807) is 0 Å². The number of benzene rings is 1. The van der Waals surface area contributed by atoms with Gasteiger partial charge >= 0.3 is 0 Å². The smallest absolute Gasteiger partial charge is 0.135 e. The molecule has 1 heterocycles. The van der Waals surface area contributed by atoms with Gasteiger partial charge in [0.15, 0.2) is 0 Å². The summed E-state index contributed by atoms with van der Waals surface area (Å²) in [4.78, 5) is 2.18. The lowest BCUT2D eigenvalue weighted by Crippen LogP contribution is -2.17. The molecule has 5 heteroatoms. The molecule has 0 radical (unpaired) electrons. The number of nitrogens with zero attached hydrogens (tertiary/aromatic N) is 3. The molecule has 1 aromatic heterocycles. The minimum atomic E-state index is 0.766. The van der Waals surface area contributed by atoms with Crippen molar-refractivity contribution in [1.82, 2.24) is 9.59 Å². The van der Waals surface area contributed by atoms with Crippen molar-refractivity contribution in [2.75, 3.05) is 23.8 Å². The monoisotopic (exact) mass is 262 g/mol. The van der Waals surface area contributed by atoms with Gasteiger partial charge in [-0.2, -0.15) is 0 Å². The lowest BCUT2D eigenvalue weighted by molar-refractivity contribution is 0.872. The van der Waals surface area contributed by atoms with E-state index in [2.05, 4.69) is 65.0 Å². The van der Waals surface area contributed by atoms with Gasteiger partial charge in [-0.25, -0.2) is 0 Å². The third-order valence-corrected chi connectivity index (χ3v) is 3.48. The second-order valence-electron chi connectivity index (χ2n) is 4.27. The van der Waals surface area contributed by atoms with Crippen LogP contribution in [0.3, 0.4) is 0 Å². The molecule has 0 atom stereocenters. The van der Waals surface area contributed by atoms with Crippen LogP contribution in [0.15, 0.2) is 24.3 Å². The quantitative estimate of drug-likeness (QED) is 0.899. The average molecular weight is 262 g/mol. The Balaban J connectivity index is 2.08. The molecule has 0 aliphatic rings. The zero-order chi connectivity index (χ0) is 13.0. The molecule has 0 fully saturated rings. The van der Waals surface area contributed by atoms with E-state index in [0.717, 1.165) is 23.8 Å². The molecule has 0 saturated carbocycles. The number of hydrogen-bond donors (Lipinski definition) is 1. The third-order valence-electron chi connectivity index (χ3n) is 2.75. The first kappa shape index (κ1) is 12.8. The maximum Gasteiger partial charge on any atom is 0.135 e. The lowest BCUT2D eigenvalue weighted by atomic mass is 10.2. The Hall–Kier alpha value is -1.62. The minimum absolute atomic E-state index is 0.766. The van der Waals surface area contributed by atoms with Crippen molar-refractivity contribution in [2.24, 2.45) is 0 Å². The highest BCUT2D eigenvalue weighted by Gasteiger charge is 2.10. The van der Waals surface area contributed by atoms with E-state index in [1.165, 1.54) is 22.8 Å². The van der Waals surface area contributed by atoms with Crippen molar-refractivity contribution < 1.29 is 0 Å². The van der Waals surface area contributed by atoms with E-state index in [-0.39, 0.29) is 0 Å². The Kier molecular flexibility index (Phi) is 4.15. The summed E-state index contributed by atoms with van der Waals surface area (Å²) in [7, 11) is 2.07. The van der Waals surface area contributed by atoms with Gasteiger partial charge in [0.2, 0.25) is 0 Å². The molecule has 4 nitrogen and oxygen atoms in total. The normalized spacial score (nSPS) is 10.4. The summed E-state index contributed by atoms with van der Waals surface area (Å²) >= 11 is 1.41. The standard InChI is InChI=1S/C13H18N4S/c1-4-14-13-12(15-16-18-13)9-17(3)11-7-5-10(2)6-8-11/h5-8,14H,4,9H2,1-3H3. The highest BCUT2D eigenvalue weighted by molar-refractivity contribution is 7.10. The Morgan fingerprint density at radius 2 is 2.00 bits per heavy atom. The Morgan fingerprint density at radius 1 is 1.28 bits per heavy atom. The summed E-state index contributed by atoms with van der Waals surface area (Å²) in [6, 6.07) is 8.50. The summed E-state index contributed by atoms with van der Waals surface area (Å²) in [6.07, 6.45) is 0. The molecule has 0 saturated heterocycles. The lowest BCUT2D eigenvalue weighted by Gasteiger charge is -2.18. The first-order valence-electron chi connectivity index (χ1n) is 6.03. The van der Waals surface area contributed by atoms with Gasteiger partial charge in [0.05, 0.1) is 6.54 Å². The van der Waals surface area contributed by atoms with E-state index < -0.39 is 0 Å². The van der Waals surface area contributed by atoms with Crippen LogP contribution in [0.25, 0.3) is 0 Å². The number of hydrogen-bond acceptors (Lipinski definition) is 5. The van der Waals surface area contributed by atoms with E-state index in [0.29, 0.717) is 0 Å². The predicted molar refractivity (Wildman–Crippen MR) is 77.4 cm³/mol. The molecule has 1 aromatic carbocycles. The van der Waals surface area contributed by atoms with Gasteiger partial charge in [0, 0.05) is 30.8 Å². The average Bonchev–Trinajstić information content (AvgIpc) is 2.78. The van der Waals surface area contributed by atoms with E-state index in [4.69, 9.17) is 0 Å². The molecule has 0 aliphatic carbocycles. The summed E-state index contributed by atoms with van der Waals surface area (Å²) in [5, 5.41) is 8.54. The van der Waals surface area contributed by atoms with Gasteiger partial charge in [-0.15, -0.1) is 5.10 Å². The molecular weight excluding hydrogens is 244 g/mol. The number of rotatable bonds is 5. The van der Waals surface area contributed by atoms with Crippen LogP contribution < -0.4 is 10.2 Å². The van der Waals surface area contributed by atoms with Crippen LogP contribution in [0.4, 0.5) is 10.7 Å². The Morgan fingerprint density at radius 3 is 2.67 bits per heavy atom. The molecule has 18 heavy (non-hydrogen) atoms. The molecule has 0 spiro atoms. The second-order valence-corrected chi connectivity index (χ2v) is 5.02. The van der Waals surface area contributed by atoms with Crippen LogP contribution in [0.5, 0.6) is 0 Å². The fourth-order valence-electron chi connectivity index (χ4n) is 1.72. The summed E-state index contributed by atoms with van der Waals surface area (Å²) in [5.74, 6) is 0. The topological polar surface area (TPSA) is 41.1 Å². The number of aromatic nitrogens is 2. The molecule has 96 valence electrons. The van der Waals surface area contributed by atoms with E-state index in [1.807, 2.05) is 0 Å². The molecule has 2 aromatic rings. The molecule has 0 bridgehead atoms. The Labute approximate surface area is 112 Å². The summed E-state index contributed by atoms with van der Waals surface area (Å²) in [5.41, 5.74) is 3.47. The van der Waals surface area contributed by atoms with Gasteiger partial charge in [-0.05, 0) is 26.0 Å². The van der Waals surface area contributed by atoms with Crippen molar-refractivity contribution in [2.45, 2.75) is 20.4 Å². The zero-order valence-electron chi connectivity index (χ0n) is 11.0. The first-order valence-corrected chi connectivity index (χ1v) is 6.81. The fraction of sp³-hybridized carbons (Fsp3) is 0.385. The molecule has 0 aliphatic heterocycles. The Bertz CT molecular complexity index is 492. The van der Waals surface area contributed by atoms with Crippen molar-refractivity contribution in [3.63, 3.8) is 0 Å². The summed E-state index contributed by atoms with van der Waals surface area (Å²) < 4.78 is 4.00. The summed E-state index contributed by atoms with van der Waals surface area (Å²) in [6.45, 7) is 5.83. The van der Waals surface area contributed by atoms with Crippen molar-refractivity contribution in [1.29, 1.82) is 0 Å². The maximum atomic E-state index is 4.18. The van der Waals surface area contributed by atoms with Crippen LogP contribution in [0.1, 0.15) is 18.2 Å². The highest BCUT2D eigenvalue weighted by atomic mass is 32.1. The largest absolute Gasteiger partial charge is 0.374 e. The number of aryl methyl sites for hydroxylation is 1. The van der Waals surface area contributed by atoms with E-state index >= 15 is 0 Å². The van der Waals surface area contributed by atoms with Crippen molar-refractivity contribution in [3.05, 3.63) is 35.5 Å². The van der Waals surface area contributed by atoms with Crippen molar-refractivity contribution in [3.8, 4) is 0 Å². The number of nitrogens with one attached hydrogen (secondary N) is 1. The van der Waals surface area contributed by atoms with Crippen molar-refractivity contribution >= 4 is 22.2 Å². The number of anilines is 2. The first-order chi connectivity index (χ1) is 8.70. The van der Waals surface area contributed by atoms with Crippen LogP contribution in [0.2, 0.25) is 0 Å². The predicted octanol–water partition coefficient (Wildman–Crippen LogP) is 2.91. The second kappa shape index (κ2) is 5.82. The van der Waals surface area contributed by atoms with Gasteiger partial charge in [0.1, 0.15) is 10.7 Å². The zero-order valence-corrected chi connectivity index (χ0v) is 11.8. The van der Waals surface area contributed by atoms with Gasteiger partial charge in [-0.3, -0.25) is 0 Å². The maximum absolute atomic E-state index is 4.18. The van der Waals surface area contributed by atoms with E-state index in [9.17, 15) is 0 Å². The van der Waals surface area contributed by atoms with Crippen LogP contribution >= 0.6 is 11.5 Å². The van der Waals surface area contributed by atoms with Crippen LogP contribution in [0, 0.1) is 6.92 Å². The van der Waals surface area contributed by atoms with Crippen LogP contribution in [-0.2, 0) is 6.54 Å². The van der Waals surface area contributed by atoms with Gasteiger partial charge in [0.25, 0.3) is 0 Å². The third kappa shape index (κ3) is 2.98. The SMILES string of the molecule is CCNc1snnc1CN(C)c1ccc(C)cc1.